The van der Waals surface area contributed by atoms with Gasteiger partial charge in [-0.3, -0.25) is 19.3 Å². The Kier molecular flexibility index (Phi) is 5.10. The number of hydrogen-bond acceptors (Lipinski definition) is 6. The van der Waals surface area contributed by atoms with Crippen molar-refractivity contribution >= 4 is 17.7 Å². The van der Waals surface area contributed by atoms with Crippen LogP contribution >= 0.6 is 0 Å². The van der Waals surface area contributed by atoms with Crippen molar-refractivity contribution in [3.8, 4) is 11.5 Å². The highest BCUT2D eigenvalue weighted by Crippen LogP contribution is 2.35. The van der Waals surface area contributed by atoms with Crippen LogP contribution in [0.3, 0.4) is 0 Å². The van der Waals surface area contributed by atoms with Crippen LogP contribution in [0.25, 0.3) is 0 Å². The maximum atomic E-state index is 13.5. The van der Waals surface area contributed by atoms with Gasteiger partial charge < -0.3 is 19.7 Å². The second-order valence-corrected chi connectivity index (χ2v) is 8.58. The summed E-state index contributed by atoms with van der Waals surface area (Å²) in [4.78, 5) is 42.4. The van der Waals surface area contributed by atoms with Crippen molar-refractivity contribution in [2.45, 2.75) is 57.2 Å². The zero-order valence-corrected chi connectivity index (χ0v) is 17.0. The molecular formula is C22H27N3O5. The van der Waals surface area contributed by atoms with Crippen molar-refractivity contribution in [2.75, 3.05) is 19.9 Å². The third-order valence-corrected chi connectivity index (χ3v) is 6.44. The van der Waals surface area contributed by atoms with Crippen LogP contribution in [0.15, 0.2) is 18.2 Å². The highest BCUT2D eigenvalue weighted by atomic mass is 16.7. The lowest BCUT2D eigenvalue weighted by Crippen LogP contribution is -2.53. The molecule has 1 aromatic rings. The number of rotatable bonds is 5. The van der Waals surface area contributed by atoms with Crippen molar-refractivity contribution < 1.29 is 23.9 Å². The van der Waals surface area contributed by atoms with E-state index in [9.17, 15) is 14.4 Å². The standard InChI is InChI=1S/C22H27N3O5/c26-20-8-6-17(24(20)12-14-3-7-18-19(10-14)30-13-29-18)22(28)25(16-4-5-16)21(27)15-2-1-9-23-11-15/h3,7,10,15-17,23H,1-2,4-6,8-9,11-13H2. The van der Waals surface area contributed by atoms with E-state index >= 15 is 0 Å². The number of imide groups is 1. The fourth-order valence-electron chi connectivity index (χ4n) is 4.65. The topological polar surface area (TPSA) is 88.2 Å². The van der Waals surface area contributed by atoms with Gasteiger partial charge in [0.1, 0.15) is 6.04 Å². The van der Waals surface area contributed by atoms with Crippen LogP contribution in [-0.4, -0.2) is 59.5 Å². The van der Waals surface area contributed by atoms with Crippen molar-refractivity contribution in [1.29, 1.82) is 0 Å². The smallest absolute Gasteiger partial charge is 0.252 e. The Morgan fingerprint density at radius 2 is 1.93 bits per heavy atom. The molecule has 0 bridgehead atoms. The first-order valence-corrected chi connectivity index (χ1v) is 10.9. The monoisotopic (exact) mass is 413 g/mol. The number of ether oxygens (including phenoxy) is 2. The summed E-state index contributed by atoms with van der Waals surface area (Å²) in [5.74, 6) is 0.861. The predicted octanol–water partition coefficient (Wildman–Crippen LogP) is 1.42. The number of benzene rings is 1. The summed E-state index contributed by atoms with van der Waals surface area (Å²) in [6.45, 7) is 2.06. The summed E-state index contributed by atoms with van der Waals surface area (Å²) in [6, 6.07) is 4.98. The van der Waals surface area contributed by atoms with Crippen LogP contribution in [0.5, 0.6) is 11.5 Å². The van der Waals surface area contributed by atoms with Gasteiger partial charge in [-0.1, -0.05) is 6.07 Å². The van der Waals surface area contributed by atoms with Gasteiger partial charge in [-0.15, -0.1) is 0 Å². The Morgan fingerprint density at radius 1 is 1.10 bits per heavy atom. The molecule has 1 aromatic carbocycles. The second kappa shape index (κ2) is 7.91. The molecule has 0 aromatic heterocycles. The quantitative estimate of drug-likeness (QED) is 0.735. The number of hydrogen-bond donors (Lipinski definition) is 1. The fraction of sp³-hybridized carbons (Fsp3) is 0.591. The van der Waals surface area contributed by atoms with Crippen molar-refractivity contribution in [2.24, 2.45) is 5.92 Å². The summed E-state index contributed by atoms with van der Waals surface area (Å²) in [5, 5.41) is 3.26. The maximum Gasteiger partial charge on any atom is 0.252 e. The van der Waals surface area contributed by atoms with Crippen molar-refractivity contribution in [1.82, 2.24) is 15.1 Å². The van der Waals surface area contributed by atoms with Gasteiger partial charge in [-0.2, -0.15) is 0 Å². The third kappa shape index (κ3) is 3.64. The first kappa shape index (κ1) is 19.4. The Hall–Kier alpha value is -2.61. The van der Waals surface area contributed by atoms with Gasteiger partial charge in [0.15, 0.2) is 11.5 Å². The van der Waals surface area contributed by atoms with Crippen LogP contribution in [-0.2, 0) is 20.9 Å². The Bertz CT molecular complexity index is 862. The van der Waals surface area contributed by atoms with E-state index in [2.05, 4.69) is 5.32 Å². The average molecular weight is 413 g/mol. The summed E-state index contributed by atoms with van der Waals surface area (Å²) in [7, 11) is 0. The van der Waals surface area contributed by atoms with E-state index in [-0.39, 0.29) is 36.5 Å². The van der Waals surface area contributed by atoms with E-state index < -0.39 is 6.04 Å². The normalized spacial score (nSPS) is 25.5. The maximum absolute atomic E-state index is 13.5. The summed E-state index contributed by atoms with van der Waals surface area (Å²) in [6.07, 6.45) is 4.27. The lowest BCUT2D eigenvalue weighted by Gasteiger charge is -2.32. The van der Waals surface area contributed by atoms with Crippen LogP contribution in [0.4, 0.5) is 0 Å². The predicted molar refractivity (Wildman–Crippen MR) is 107 cm³/mol. The van der Waals surface area contributed by atoms with Gasteiger partial charge in [-0.25, -0.2) is 0 Å². The van der Waals surface area contributed by atoms with E-state index in [4.69, 9.17) is 9.47 Å². The van der Waals surface area contributed by atoms with Crippen LogP contribution in [0.1, 0.15) is 44.1 Å². The van der Waals surface area contributed by atoms with Gasteiger partial charge in [0.2, 0.25) is 18.6 Å². The highest BCUT2D eigenvalue weighted by Gasteiger charge is 2.46. The molecule has 3 fully saturated rings. The number of nitrogens with one attached hydrogen (secondary N) is 1. The van der Waals surface area contributed by atoms with Crippen LogP contribution in [0.2, 0.25) is 0 Å². The first-order chi connectivity index (χ1) is 14.6. The summed E-state index contributed by atoms with van der Waals surface area (Å²) in [5.41, 5.74) is 0.882. The highest BCUT2D eigenvalue weighted by molar-refractivity contribution is 6.02. The molecule has 30 heavy (non-hydrogen) atoms. The molecule has 8 heteroatoms. The fourth-order valence-corrected chi connectivity index (χ4v) is 4.65. The van der Waals surface area contributed by atoms with Gasteiger partial charge in [0, 0.05) is 25.6 Å². The van der Waals surface area contributed by atoms with Gasteiger partial charge in [0.25, 0.3) is 5.91 Å². The van der Waals surface area contributed by atoms with Crippen molar-refractivity contribution in [3.05, 3.63) is 23.8 Å². The van der Waals surface area contributed by atoms with E-state index in [0.29, 0.717) is 37.4 Å². The van der Waals surface area contributed by atoms with E-state index in [1.807, 2.05) is 18.2 Å². The molecule has 3 aliphatic heterocycles. The number of fused-ring (bicyclic) bond motifs is 1. The molecule has 5 rings (SSSR count). The van der Waals surface area contributed by atoms with Gasteiger partial charge in [0.05, 0.1) is 5.92 Å². The average Bonchev–Trinajstić information content (AvgIpc) is 3.37. The number of amides is 3. The molecule has 3 amide bonds. The zero-order chi connectivity index (χ0) is 20.7. The molecule has 2 saturated heterocycles. The summed E-state index contributed by atoms with van der Waals surface area (Å²) >= 11 is 0. The zero-order valence-electron chi connectivity index (χ0n) is 17.0. The van der Waals surface area contributed by atoms with E-state index in [0.717, 1.165) is 37.8 Å². The molecule has 8 nitrogen and oxygen atoms in total. The van der Waals surface area contributed by atoms with Gasteiger partial charge >= 0.3 is 0 Å². The largest absolute Gasteiger partial charge is 0.454 e. The first-order valence-electron chi connectivity index (χ1n) is 10.9. The van der Waals surface area contributed by atoms with E-state index in [1.165, 1.54) is 4.90 Å². The molecule has 1 N–H and O–H groups in total. The molecule has 1 saturated carbocycles. The number of carbonyl (C=O) groups is 3. The molecule has 160 valence electrons. The lowest BCUT2D eigenvalue weighted by molar-refractivity contribution is -0.153. The number of piperidine rings is 1. The lowest BCUT2D eigenvalue weighted by atomic mass is 9.97. The molecule has 2 atom stereocenters. The molecule has 1 aliphatic carbocycles. The molecule has 0 radical (unpaired) electrons. The van der Waals surface area contributed by atoms with Crippen molar-refractivity contribution in [3.63, 3.8) is 0 Å². The van der Waals surface area contributed by atoms with Gasteiger partial charge in [-0.05, 0) is 56.3 Å². The SMILES string of the molecule is O=C1CCC(C(=O)N(C(=O)C2CCCNC2)C2CC2)N1Cc1ccc2c(c1)OCO2. The number of carbonyl (C=O) groups excluding carboxylic acids is 3. The Morgan fingerprint density at radius 3 is 2.70 bits per heavy atom. The third-order valence-electron chi connectivity index (χ3n) is 6.44. The van der Waals surface area contributed by atoms with E-state index in [1.54, 1.807) is 4.90 Å². The number of likely N-dealkylation sites (tertiary alicyclic amines) is 1. The molecule has 3 heterocycles. The number of nitrogens with zero attached hydrogens (tertiary/aromatic N) is 2. The Labute approximate surface area is 175 Å². The van der Waals surface area contributed by atoms with Crippen LogP contribution < -0.4 is 14.8 Å². The minimum atomic E-state index is -0.580. The molecule has 2 unspecified atom stereocenters. The molecular weight excluding hydrogens is 386 g/mol. The molecule has 0 spiro atoms. The molecule has 4 aliphatic rings. The second-order valence-electron chi connectivity index (χ2n) is 8.58. The summed E-state index contributed by atoms with van der Waals surface area (Å²) < 4.78 is 10.8. The Balaban J connectivity index is 1.33. The minimum absolute atomic E-state index is 0.00461. The minimum Gasteiger partial charge on any atom is -0.454 e. The van der Waals surface area contributed by atoms with Crippen LogP contribution in [0, 0.1) is 5.92 Å².